The Morgan fingerprint density at radius 2 is 1.00 bits per heavy atom. The summed E-state index contributed by atoms with van der Waals surface area (Å²) in [4.78, 5) is 31.9. The summed E-state index contributed by atoms with van der Waals surface area (Å²) >= 11 is 0. The first-order chi connectivity index (χ1) is 33.8. The molecule has 0 unspecified atom stereocenters. The van der Waals surface area contributed by atoms with Gasteiger partial charge in [0.25, 0.3) is 0 Å². The molecule has 0 bridgehead atoms. The number of hydrogen-bond acceptors (Lipinski definition) is 6. The predicted octanol–water partition coefficient (Wildman–Crippen LogP) is 13.2. The third-order valence-electron chi connectivity index (χ3n) is 11.7. The van der Waals surface area contributed by atoms with E-state index in [1.807, 2.05) is 49.4 Å². The summed E-state index contributed by atoms with van der Waals surface area (Å²) in [6, 6.07) is 29.7. The molecule has 70 heavy (non-hydrogen) atoms. The lowest BCUT2D eigenvalue weighted by Crippen LogP contribution is -2.10. The lowest BCUT2D eigenvalue weighted by Gasteiger charge is -2.13. The molecule has 18 heteroatoms. The van der Waals surface area contributed by atoms with Crippen molar-refractivity contribution in [2.45, 2.75) is 13.1 Å². The van der Waals surface area contributed by atoms with E-state index < -0.39 is 41.0 Å². The molecule has 344 valence electrons. The molecular formula is C52H30F8N10. The second kappa shape index (κ2) is 16.9. The summed E-state index contributed by atoms with van der Waals surface area (Å²) < 4.78 is 115. The van der Waals surface area contributed by atoms with Crippen molar-refractivity contribution in [1.29, 1.82) is 0 Å². The Labute approximate surface area is 389 Å². The number of halogens is 8. The minimum atomic E-state index is -4.79. The number of imidazole rings is 4. The van der Waals surface area contributed by atoms with Crippen molar-refractivity contribution in [3.63, 3.8) is 0 Å². The first-order valence-electron chi connectivity index (χ1n) is 21.3. The van der Waals surface area contributed by atoms with E-state index in [0.29, 0.717) is 22.5 Å². The fourth-order valence-corrected chi connectivity index (χ4v) is 8.41. The number of pyridine rings is 4. The van der Waals surface area contributed by atoms with Crippen molar-refractivity contribution in [2.75, 3.05) is 0 Å². The maximum absolute atomic E-state index is 14.4. The van der Waals surface area contributed by atoms with Gasteiger partial charge in [0.15, 0.2) is 29.0 Å². The number of aromatic amines is 2. The van der Waals surface area contributed by atoms with Gasteiger partial charge in [0, 0.05) is 63.9 Å². The second-order valence-corrected chi connectivity index (χ2v) is 16.0. The average molecular weight is 947 g/mol. The Morgan fingerprint density at radius 1 is 0.471 bits per heavy atom. The van der Waals surface area contributed by atoms with E-state index in [9.17, 15) is 35.1 Å². The topological polar surface area (TPSA) is 118 Å². The van der Waals surface area contributed by atoms with Gasteiger partial charge >= 0.3 is 6.18 Å². The van der Waals surface area contributed by atoms with E-state index in [1.54, 1.807) is 41.3 Å². The third-order valence-corrected chi connectivity index (χ3v) is 11.7. The monoisotopic (exact) mass is 946 g/mol. The molecule has 4 aromatic carbocycles. The van der Waals surface area contributed by atoms with Crippen molar-refractivity contribution >= 4 is 33.1 Å². The Balaban J connectivity index is 0.000000153. The van der Waals surface area contributed by atoms with Crippen LogP contribution in [0.2, 0.25) is 0 Å². The summed E-state index contributed by atoms with van der Waals surface area (Å²) in [6.07, 6.45) is 4.52. The first kappa shape index (κ1) is 43.5. The molecule has 0 radical (unpaired) electrons. The van der Waals surface area contributed by atoms with Crippen LogP contribution >= 0.6 is 0 Å². The summed E-state index contributed by atoms with van der Waals surface area (Å²) in [7, 11) is 0. The lowest BCUT2D eigenvalue weighted by molar-refractivity contribution is -0.140. The van der Waals surface area contributed by atoms with Gasteiger partial charge in [-0.1, -0.05) is 36.4 Å². The maximum atomic E-state index is 14.4. The van der Waals surface area contributed by atoms with Gasteiger partial charge in [0.05, 0.1) is 56.6 Å². The number of aryl methyl sites for hydroxylation is 1. The van der Waals surface area contributed by atoms with Crippen LogP contribution in [0.25, 0.3) is 101 Å². The molecule has 0 aliphatic carbocycles. The van der Waals surface area contributed by atoms with E-state index in [0.717, 1.165) is 75.2 Å². The van der Waals surface area contributed by atoms with Crippen LogP contribution in [0.5, 0.6) is 0 Å². The molecule has 8 heterocycles. The molecule has 0 atom stereocenters. The van der Waals surface area contributed by atoms with E-state index in [-0.39, 0.29) is 39.4 Å². The Bertz CT molecular complexity index is 3970. The first-order valence-corrected chi connectivity index (χ1v) is 21.3. The van der Waals surface area contributed by atoms with Crippen molar-refractivity contribution in [3.05, 3.63) is 193 Å². The molecule has 0 saturated carbocycles. The van der Waals surface area contributed by atoms with Gasteiger partial charge in [-0.25, -0.2) is 41.9 Å². The largest absolute Gasteiger partial charge is 0.434 e. The number of nitrogens with one attached hydrogen (secondary N) is 2. The van der Waals surface area contributed by atoms with Crippen LogP contribution in [0, 0.1) is 36.0 Å². The standard InChI is InChI=1S/C26H13F6N5.C26H17F2N5/c27-14-6-7-19-20(10-14)36-24(35-19)17-9-13(11-33-23(17)26(30,31)32)15-4-2-8-37-21(15)12-34-25(37)16-3-1-5-18(28)22(16)29;1-15-19(25-31-21-9-2-3-10-22(21)32-25)12-16(13-29-15)17-7-5-11-33-23(17)14-30-26(33)18-6-4-8-20(27)24(18)28/h1-12H,(H,35,36);2-14H,1H3,(H,31,32). The van der Waals surface area contributed by atoms with Crippen LogP contribution < -0.4 is 0 Å². The molecule has 0 saturated heterocycles. The smallest absolute Gasteiger partial charge is 0.338 e. The minimum absolute atomic E-state index is 0.0714. The van der Waals surface area contributed by atoms with E-state index in [2.05, 4.69) is 34.9 Å². The predicted molar refractivity (Wildman–Crippen MR) is 247 cm³/mol. The Morgan fingerprint density at radius 3 is 1.60 bits per heavy atom. The molecule has 0 aliphatic heterocycles. The van der Waals surface area contributed by atoms with Crippen LogP contribution in [0.1, 0.15) is 11.4 Å². The second-order valence-electron chi connectivity index (χ2n) is 16.0. The van der Waals surface area contributed by atoms with E-state index in [4.69, 9.17) is 4.98 Å². The zero-order chi connectivity index (χ0) is 48.4. The number of alkyl halides is 3. The van der Waals surface area contributed by atoms with Gasteiger partial charge in [-0.05, 0) is 85.8 Å². The fourth-order valence-electron chi connectivity index (χ4n) is 8.41. The number of fused-ring (bicyclic) bond motifs is 4. The summed E-state index contributed by atoms with van der Waals surface area (Å²) in [5.41, 5.74) is 6.31. The number of rotatable bonds is 6. The molecule has 12 rings (SSSR count). The Hall–Kier alpha value is -9.06. The number of hydrogen-bond donors (Lipinski definition) is 2. The van der Waals surface area contributed by atoms with Crippen molar-refractivity contribution in [3.8, 4) is 67.8 Å². The highest BCUT2D eigenvalue weighted by atomic mass is 19.4. The zero-order valence-corrected chi connectivity index (χ0v) is 36.0. The number of benzene rings is 4. The maximum Gasteiger partial charge on any atom is 0.434 e. The number of para-hydroxylation sites is 2. The van der Waals surface area contributed by atoms with Gasteiger partial charge < -0.3 is 9.97 Å². The van der Waals surface area contributed by atoms with Crippen molar-refractivity contribution < 1.29 is 35.1 Å². The summed E-state index contributed by atoms with van der Waals surface area (Å²) in [6.45, 7) is 1.94. The van der Waals surface area contributed by atoms with Gasteiger partial charge in [-0.15, -0.1) is 0 Å². The van der Waals surface area contributed by atoms with Crippen LogP contribution in [-0.4, -0.2) is 48.7 Å². The minimum Gasteiger partial charge on any atom is -0.338 e. The quantitative estimate of drug-likeness (QED) is 0.160. The molecule has 0 aliphatic rings. The molecule has 0 fully saturated rings. The van der Waals surface area contributed by atoms with Crippen molar-refractivity contribution in [1.82, 2.24) is 48.7 Å². The van der Waals surface area contributed by atoms with Gasteiger partial charge in [-0.2, -0.15) is 13.2 Å². The third kappa shape index (κ3) is 7.64. The summed E-state index contributed by atoms with van der Waals surface area (Å²) in [5, 5.41) is 0. The van der Waals surface area contributed by atoms with Gasteiger partial charge in [0.1, 0.15) is 29.1 Å². The van der Waals surface area contributed by atoms with Crippen LogP contribution in [0.4, 0.5) is 35.1 Å². The van der Waals surface area contributed by atoms with Crippen LogP contribution in [0.15, 0.2) is 152 Å². The zero-order valence-electron chi connectivity index (χ0n) is 36.0. The fraction of sp³-hybridized carbons (Fsp3) is 0.0385. The van der Waals surface area contributed by atoms with E-state index >= 15 is 0 Å². The molecule has 0 spiro atoms. The molecule has 2 N–H and O–H groups in total. The number of nitrogens with zero attached hydrogens (tertiary/aromatic N) is 8. The molecule has 10 nitrogen and oxygen atoms in total. The number of H-pyrrole nitrogens is 2. The highest BCUT2D eigenvalue weighted by molar-refractivity contribution is 5.87. The van der Waals surface area contributed by atoms with E-state index in [1.165, 1.54) is 47.0 Å². The SMILES string of the molecule is Cc1ncc(-c2cccn3c(-c4cccc(F)c4F)ncc23)cc1-c1nc2ccccc2[nH]1.Fc1ccc2nc(-c3cc(-c4cccn5c(-c6cccc(F)c6F)ncc45)cnc3C(F)(F)F)[nH]c2c1. The highest BCUT2D eigenvalue weighted by Gasteiger charge is 2.37. The highest BCUT2D eigenvalue weighted by Crippen LogP contribution is 2.39. The lowest BCUT2D eigenvalue weighted by atomic mass is 10.0. The Kier molecular flexibility index (Phi) is 10.5. The van der Waals surface area contributed by atoms with Gasteiger partial charge in [0.2, 0.25) is 0 Å². The van der Waals surface area contributed by atoms with Crippen LogP contribution in [-0.2, 0) is 6.18 Å². The summed E-state index contributed by atoms with van der Waals surface area (Å²) in [5.74, 6) is -3.43. The molecule has 8 aromatic heterocycles. The molecular weight excluding hydrogens is 917 g/mol. The number of aromatic nitrogens is 10. The van der Waals surface area contributed by atoms with Crippen molar-refractivity contribution in [2.24, 2.45) is 0 Å². The molecule has 0 amide bonds. The average Bonchev–Trinajstić information content (AvgIpc) is 4.18. The molecule has 12 aromatic rings. The van der Waals surface area contributed by atoms with Gasteiger partial charge in [-0.3, -0.25) is 18.8 Å². The van der Waals surface area contributed by atoms with Crippen LogP contribution in [0.3, 0.4) is 0 Å². The normalized spacial score (nSPS) is 11.8.